The van der Waals surface area contributed by atoms with Gasteiger partial charge in [-0.1, -0.05) is 0 Å². The predicted octanol–water partition coefficient (Wildman–Crippen LogP) is 0.670. The second-order valence-electron chi connectivity index (χ2n) is 8.34. The number of aromatic nitrogens is 6. The van der Waals surface area contributed by atoms with E-state index in [9.17, 15) is 4.79 Å². The molecule has 3 aromatic heterocycles. The van der Waals surface area contributed by atoms with E-state index in [1.165, 1.54) is 0 Å². The van der Waals surface area contributed by atoms with E-state index in [2.05, 4.69) is 25.6 Å². The zero-order chi connectivity index (χ0) is 22.6. The normalized spacial score (nSPS) is 17.2. The third-order valence-corrected chi connectivity index (χ3v) is 6.13. The van der Waals surface area contributed by atoms with Gasteiger partial charge in [-0.15, -0.1) is 0 Å². The van der Waals surface area contributed by atoms with Gasteiger partial charge in [0, 0.05) is 65.3 Å². The van der Waals surface area contributed by atoms with Crippen molar-refractivity contribution in [3.05, 3.63) is 18.6 Å². The lowest BCUT2D eigenvalue weighted by Crippen LogP contribution is -2.39. The van der Waals surface area contributed by atoms with Crippen molar-refractivity contribution in [1.82, 2.24) is 39.1 Å². The van der Waals surface area contributed by atoms with Gasteiger partial charge in [-0.2, -0.15) is 15.1 Å². The van der Waals surface area contributed by atoms with Crippen molar-refractivity contribution in [3.63, 3.8) is 0 Å². The Balaban J connectivity index is 1.36. The Morgan fingerprint density at radius 2 is 2.00 bits per heavy atom. The van der Waals surface area contributed by atoms with Crippen molar-refractivity contribution in [2.75, 3.05) is 63.1 Å². The number of hydrogen-bond donors (Lipinski definition) is 2. The van der Waals surface area contributed by atoms with Crippen LogP contribution in [0.2, 0.25) is 0 Å². The predicted molar refractivity (Wildman–Crippen MR) is 123 cm³/mol. The fourth-order valence-electron chi connectivity index (χ4n) is 4.22. The van der Waals surface area contributed by atoms with Crippen LogP contribution in [0.15, 0.2) is 18.6 Å². The summed E-state index contributed by atoms with van der Waals surface area (Å²) in [7, 11) is 1.86. The molecule has 2 aliphatic rings. The van der Waals surface area contributed by atoms with E-state index >= 15 is 0 Å². The van der Waals surface area contributed by atoms with Gasteiger partial charge in [-0.3, -0.25) is 14.4 Å². The Morgan fingerprint density at radius 3 is 2.76 bits per heavy atom. The maximum atomic E-state index is 12.0. The van der Waals surface area contributed by atoms with Crippen molar-refractivity contribution in [3.8, 4) is 0 Å². The van der Waals surface area contributed by atoms with Crippen LogP contribution in [0.5, 0.6) is 0 Å². The van der Waals surface area contributed by atoms with Crippen molar-refractivity contribution in [2.24, 2.45) is 7.05 Å². The molecule has 2 saturated heterocycles. The Labute approximate surface area is 191 Å². The van der Waals surface area contributed by atoms with Crippen LogP contribution in [-0.2, 0) is 23.1 Å². The molecule has 33 heavy (non-hydrogen) atoms. The molecule has 5 heterocycles. The van der Waals surface area contributed by atoms with Gasteiger partial charge in [-0.25, -0.2) is 4.98 Å². The molecule has 0 spiro atoms. The van der Waals surface area contributed by atoms with E-state index in [-0.39, 0.29) is 5.91 Å². The Hall–Kier alpha value is -3.25. The maximum absolute atomic E-state index is 12.0. The zero-order valence-electron chi connectivity index (χ0n) is 18.9. The van der Waals surface area contributed by atoms with Crippen molar-refractivity contribution in [1.29, 1.82) is 0 Å². The highest BCUT2D eigenvalue weighted by molar-refractivity contribution is 5.84. The number of aryl methyl sites for hydroxylation is 1. The van der Waals surface area contributed by atoms with Crippen LogP contribution in [0.25, 0.3) is 11.2 Å². The summed E-state index contributed by atoms with van der Waals surface area (Å²) in [5.41, 5.74) is 1.45. The van der Waals surface area contributed by atoms with Gasteiger partial charge in [0.25, 0.3) is 0 Å². The Bertz CT molecular complexity index is 1100. The first-order chi connectivity index (χ1) is 16.2. The zero-order valence-corrected chi connectivity index (χ0v) is 18.9. The van der Waals surface area contributed by atoms with Crippen LogP contribution in [0.1, 0.15) is 12.8 Å². The van der Waals surface area contributed by atoms with Gasteiger partial charge in [0.05, 0.1) is 25.7 Å². The summed E-state index contributed by atoms with van der Waals surface area (Å²) in [4.78, 5) is 30.3. The number of anilines is 3. The summed E-state index contributed by atoms with van der Waals surface area (Å²) in [6, 6.07) is 1.87. The minimum atomic E-state index is 0.220. The molecule has 0 saturated carbocycles. The summed E-state index contributed by atoms with van der Waals surface area (Å²) in [6.45, 7) is 7.19. The molecule has 1 amide bonds. The molecule has 0 bridgehead atoms. The second kappa shape index (κ2) is 9.71. The number of rotatable bonds is 9. The van der Waals surface area contributed by atoms with Crippen LogP contribution in [-0.4, -0.2) is 97.5 Å². The van der Waals surface area contributed by atoms with Crippen LogP contribution < -0.4 is 10.6 Å². The number of carbonyl (C=O) groups is 1. The number of nitrogens with zero attached hydrogens (tertiary/aromatic N) is 8. The first-order valence-corrected chi connectivity index (χ1v) is 11.5. The van der Waals surface area contributed by atoms with E-state index in [4.69, 9.17) is 14.7 Å². The van der Waals surface area contributed by atoms with E-state index in [0.29, 0.717) is 31.3 Å². The molecule has 0 aromatic carbocycles. The number of ether oxygens (including phenoxy) is 1. The highest BCUT2D eigenvalue weighted by atomic mass is 16.5. The third kappa shape index (κ3) is 4.91. The number of morpholine rings is 1. The molecule has 12 nitrogen and oxygen atoms in total. The highest BCUT2D eigenvalue weighted by Gasteiger charge is 2.21. The molecule has 0 unspecified atom stereocenters. The summed E-state index contributed by atoms with van der Waals surface area (Å²) in [5.74, 6) is 2.17. The smallest absolute Gasteiger partial charge is 0.232 e. The summed E-state index contributed by atoms with van der Waals surface area (Å²) in [6.07, 6.45) is 5.07. The van der Waals surface area contributed by atoms with Crippen LogP contribution in [0.4, 0.5) is 17.6 Å². The molecular formula is C21H30N10O2. The average molecular weight is 455 g/mol. The van der Waals surface area contributed by atoms with Crippen molar-refractivity contribution in [2.45, 2.75) is 19.4 Å². The number of imidazole rings is 1. The van der Waals surface area contributed by atoms with Gasteiger partial charge in [0.2, 0.25) is 11.9 Å². The standard InChI is InChI=1S/C21H30N10O2/c1-28-16(4-5-24-28)25-21-26-19(22-6-8-29-11-13-33-14-12-29)18-20(27-21)31(15-23-18)10-9-30-7-2-3-17(30)32/h4-5,15H,2-3,6-14H2,1H3,(H2,22,25,26,27). The lowest BCUT2D eigenvalue weighted by molar-refractivity contribution is -0.127. The minimum Gasteiger partial charge on any atom is -0.379 e. The van der Waals surface area contributed by atoms with E-state index < -0.39 is 0 Å². The van der Waals surface area contributed by atoms with Gasteiger partial charge in [0.1, 0.15) is 5.82 Å². The molecule has 3 aromatic rings. The highest BCUT2D eigenvalue weighted by Crippen LogP contribution is 2.23. The molecule has 176 valence electrons. The first-order valence-electron chi connectivity index (χ1n) is 11.5. The van der Waals surface area contributed by atoms with Gasteiger partial charge in [-0.05, 0) is 6.42 Å². The monoisotopic (exact) mass is 454 g/mol. The van der Waals surface area contributed by atoms with Crippen LogP contribution in [0.3, 0.4) is 0 Å². The number of amides is 1. The lowest BCUT2D eigenvalue weighted by atomic mass is 10.4. The SMILES string of the molecule is Cn1nccc1Nc1nc(NCCN2CCOCC2)c2ncn(CCN3CCCC3=O)c2n1. The molecule has 2 N–H and O–H groups in total. The molecule has 12 heteroatoms. The summed E-state index contributed by atoms with van der Waals surface area (Å²) >= 11 is 0. The minimum absolute atomic E-state index is 0.220. The van der Waals surface area contributed by atoms with E-state index in [0.717, 1.165) is 69.3 Å². The van der Waals surface area contributed by atoms with Crippen molar-refractivity contribution < 1.29 is 9.53 Å². The quantitative estimate of drug-likeness (QED) is 0.481. The van der Waals surface area contributed by atoms with Crippen LogP contribution >= 0.6 is 0 Å². The lowest BCUT2D eigenvalue weighted by Gasteiger charge is -2.26. The Morgan fingerprint density at radius 1 is 1.12 bits per heavy atom. The maximum Gasteiger partial charge on any atom is 0.232 e. The summed E-state index contributed by atoms with van der Waals surface area (Å²) < 4.78 is 9.15. The molecule has 0 aliphatic carbocycles. The summed E-state index contributed by atoms with van der Waals surface area (Å²) in [5, 5.41) is 10.9. The molecule has 0 radical (unpaired) electrons. The second-order valence-corrected chi connectivity index (χ2v) is 8.34. The molecule has 2 fully saturated rings. The molecular weight excluding hydrogens is 424 g/mol. The molecule has 5 rings (SSSR count). The fourth-order valence-corrected chi connectivity index (χ4v) is 4.22. The van der Waals surface area contributed by atoms with Crippen molar-refractivity contribution >= 4 is 34.7 Å². The van der Waals surface area contributed by atoms with Gasteiger partial charge in [0.15, 0.2) is 17.0 Å². The Kier molecular flexibility index (Phi) is 6.35. The largest absolute Gasteiger partial charge is 0.379 e. The number of nitrogens with one attached hydrogen (secondary N) is 2. The van der Waals surface area contributed by atoms with E-state index in [1.807, 2.05) is 22.6 Å². The number of fused-ring (bicyclic) bond motifs is 1. The third-order valence-electron chi connectivity index (χ3n) is 6.13. The molecule has 2 aliphatic heterocycles. The first kappa shape index (κ1) is 21.6. The topological polar surface area (TPSA) is 118 Å². The van der Waals surface area contributed by atoms with Gasteiger partial charge >= 0.3 is 0 Å². The fraction of sp³-hybridized carbons (Fsp3) is 0.571. The number of carbonyl (C=O) groups excluding carboxylic acids is 1. The average Bonchev–Trinajstić information content (AvgIpc) is 3.54. The van der Waals surface area contributed by atoms with Crippen LogP contribution in [0, 0.1) is 0 Å². The van der Waals surface area contributed by atoms with E-state index in [1.54, 1.807) is 17.2 Å². The van der Waals surface area contributed by atoms with Gasteiger partial charge < -0.3 is 24.8 Å². The number of likely N-dealkylation sites (tertiary alicyclic amines) is 1. The number of hydrogen-bond acceptors (Lipinski definition) is 9. The molecule has 0 atom stereocenters.